The molecular weight excluding hydrogens is 611 g/mol. The van der Waals surface area contributed by atoms with Crippen molar-refractivity contribution in [1.29, 1.82) is 15.8 Å². The number of nitriles is 3. The monoisotopic (exact) mass is 637 g/mol. The summed E-state index contributed by atoms with van der Waals surface area (Å²) in [5, 5.41) is 33.4. The Morgan fingerprint density at radius 2 is 1.10 bits per heavy atom. The van der Waals surface area contributed by atoms with Crippen molar-refractivity contribution in [3.63, 3.8) is 0 Å². The highest BCUT2D eigenvalue weighted by molar-refractivity contribution is 6.10. The fourth-order valence-corrected chi connectivity index (χ4v) is 7.64. The summed E-state index contributed by atoms with van der Waals surface area (Å²) in [7, 11) is 0. The highest BCUT2D eigenvalue weighted by Crippen LogP contribution is 2.40. The third-order valence-corrected chi connectivity index (χ3v) is 9.92. The molecule has 9 rings (SSSR count). The van der Waals surface area contributed by atoms with Crippen LogP contribution in [0, 0.1) is 34.0 Å². The molecule has 1 atom stereocenters. The van der Waals surface area contributed by atoms with E-state index in [9.17, 15) is 15.8 Å². The molecule has 0 N–H and O–H groups in total. The summed E-state index contributed by atoms with van der Waals surface area (Å²) < 4.78 is 4.63. The lowest BCUT2D eigenvalue weighted by molar-refractivity contribution is 0.649. The Kier molecular flexibility index (Phi) is 6.70. The second kappa shape index (κ2) is 11.5. The van der Waals surface area contributed by atoms with E-state index in [0.29, 0.717) is 16.7 Å². The van der Waals surface area contributed by atoms with Gasteiger partial charge in [-0.1, -0.05) is 72.8 Å². The van der Waals surface area contributed by atoms with Crippen molar-refractivity contribution in [1.82, 2.24) is 9.13 Å². The molecule has 6 aromatic carbocycles. The van der Waals surface area contributed by atoms with E-state index in [2.05, 4.69) is 112 Å². The van der Waals surface area contributed by atoms with E-state index in [1.165, 1.54) is 0 Å². The first-order valence-corrected chi connectivity index (χ1v) is 16.5. The topological polar surface area (TPSA) is 81.2 Å². The van der Waals surface area contributed by atoms with Gasteiger partial charge in [-0.15, -0.1) is 0 Å². The summed E-state index contributed by atoms with van der Waals surface area (Å²) in [6.07, 6.45) is 7.62. The smallest absolute Gasteiger partial charge is 0.0991 e. The normalized spacial score (nSPS) is 14.1. The molecule has 1 aliphatic carbocycles. The molecule has 0 radical (unpaired) electrons. The Morgan fingerprint density at radius 3 is 1.82 bits per heavy atom. The number of hydrogen-bond donors (Lipinski definition) is 0. The highest BCUT2D eigenvalue weighted by Gasteiger charge is 2.20. The summed E-state index contributed by atoms with van der Waals surface area (Å²) in [6.45, 7) is 0. The van der Waals surface area contributed by atoms with Crippen molar-refractivity contribution in [2.75, 3.05) is 0 Å². The number of nitrogens with zero attached hydrogens (tertiary/aromatic N) is 5. The van der Waals surface area contributed by atoms with E-state index < -0.39 is 0 Å². The minimum absolute atomic E-state index is 0.132. The molecule has 232 valence electrons. The lowest BCUT2D eigenvalue weighted by Crippen LogP contribution is -2.08. The van der Waals surface area contributed by atoms with Crippen LogP contribution >= 0.6 is 0 Å². The molecule has 0 amide bonds. The van der Waals surface area contributed by atoms with Gasteiger partial charge in [0.2, 0.25) is 0 Å². The Balaban J connectivity index is 1.13. The SMILES string of the molecule is N#Cc1ccc(-n2c3ccccc3c3cc(C#N)ccc32)c(-c2cccc(C3=CCC(n4c5ccccc5c5cc(C#N)ccc54)C=C3)c2)c1. The summed E-state index contributed by atoms with van der Waals surface area (Å²) in [5.74, 6) is 0. The van der Waals surface area contributed by atoms with Crippen LogP contribution in [0.15, 0.2) is 146 Å². The molecule has 0 saturated heterocycles. The fraction of sp³-hybridized carbons (Fsp3) is 0.0444. The molecule has 0 saturated carbocycles. The molecule has 2 heterocycles. The van der Waals surface area contributed by atoms with Crippen LogP contribution in [0.4, 0.5) is 0 Å². The average Bonchev–Trinajstić information content (AvgIpc) is 3.69. The zero-order chi connectivity index (χ0) is 33.8. The van der Waals surface area contributed by atoms with E-state index in [1.807, 2.05) is 60.7 Å². The predicted octanol–water partition coefficient (Wildman–Crippen LogP) is 10.8. The van der Waals surface area contributed by atoms with Crippen LogP contribution < -0.4 is 0 Å². The first-order valence-electron chi connectivity index (χ1n) is 16.5. The number of rotatable bonds is 4. The van der Waals surface area contributed by atoms with E-state index in [-0.39, 0.29) is 6.04 Å². The van der Waals surface area contributed by atoms with Crippen LogP contribution in [-0.2, 0) is 0 Å². The first kappa shape index (κ1) is 29.0. The van der Waals surface area contributed by atoms with Crippen molar-refractivity contribution >= 4 is 49.2 Å². The second-order valence-electron chi connectivity index (χ2n) is 12.7. The lowest BCUT2D eigenvalue weighted by atomic mass is 9.93. The Morgan fingerprint density at radius 1 is 0.520 bits per heavy atom. The van der Waals surface area contributed by atoms with Gasteiger partial charge >= 0.3 is 0 Å². The summed E-state index contributed by atoms with van der Waals surface area (Å²) in [6, 6.07) is 49.9. The molecule has 8 aromatic rings. The van der Waals surface area contributed by atoms with E-state index in [4.69, 9.17) is 0 Å². The molecule has 0 bridgehead atoms. The van der Waals surface area contributed by atoms with Gasteiger partial charge in [-0.25, -0.2) is 0 Å². The maximum atomic E-state index is 9.93. The van der Waals surface area contributed by atoms with E-state index in [0.717, 1.165) is 78.0 Å². The lowest BCUT2D eigenvalue weighted by Gasteiger charge is -2.21. The van der Waals surface area contributed by atoms with Gasteiger partial charge < -0.3 is 9.13 Å². The minimum Gasteiger partial charge on any atom is -0.333 e. The molecule has 0 spiro atoms. The zero-order valence-electron chi connectivity index (χ0n) is 26.9. The second-order valence-corrected chi connectivity index (χ2v) is 12.7. The third kappa shape index (κ3) is 4.52. The zero-order valence-corrected chi connectivity index (χ0v) is 26.9. The van der Waals surface area contributed by atoms with Crippen LogP contribution in [-0.4, -0.2) is 9.13 Å². The van der Waals surface area contributed by atoms with Crippen molar-refractivity contribution < 1.29 is 0 Å². The van der Waals surface area contributed by atoms with Crippen molar-refractivity contribution in [3.8, 4) is 35.0 Å². The molecular formula is C45H27N5. The number of benzene rings is 6. The van der Waals surface area contributed by atoms with E-state index >= 15 is 0 Å². The Hall–Kier alpha value is -7.13. The molecule has 1 unspecified atom stereocenters. The largest absolute Gasteiger partial charge is 0.333 e. The summed E-state index contributed by atoms with van der Waals surface area (Å²) in [4.78, 5) is 0. The third-order valence-electron chi connectivity index (χ3n) is 9.92. The quantitative estimate of drug-likeness (QED) is 0.193. The van der Waals surface area contributed by atoms with Gasteiger partial charge in [-0.3, -0.25) is 0 Å². The summed E-state index contributed by atoms with van der Waals surface area (Å²) >= 11 is 0. The van der Waals surface area contributed by atoms with Gasteiger partial charge in [0.15, 0.2) is 0 Å². The van der Waals surface area contributed by atoms with Crippen LogP contribution in [0.5, 0.6) is 0 Å². The molecule has 5 nitrogen and oxygen atoms in total. The van der Waals surface area contributed by atoms with Gasteiger partial charge in [0, 0.05) is 38.1 Å². The molecule has 0 fully saturated rings. The molecule has 1 aliphatic rings. The maximum absolute atomic E-state index is 9.93. The van der Waals surface area contributed by atoms with Gasteiger partial charge in [0.25, 0.3) is 0 Å². The molecule has 0 aliphatic heterocycles. The van der Waals surface area contributed by atoms with Gasteiger partial charge in [-0.2, -0.15) is 15.8 Å². The van der Waals surface area contributed by atoms with Crippen molar-refractivity contribution in [3.05, 3.63) is 168 Å². The van der Waals surface area contributed by atoms with Crippen LogP contribution in [0.25, 0.3) is 66.0 Å². The Labute approximate surface area is 288 Å². The van der Waals surface area contributed by atoms with Crippen LogP contribution in [0.3, 0.4) is 0 Å². The van der Waals surface area contributed by atoms with Gasteiger partial charge in [0.05, 0.1) is 57.7 Å². The average molecular weight is 638 g/mol. The Bertz CT molecular complexity index is 2890. The minimum atomic E-state index is 0.132. The van der Waals surface area contributed by atoms with Crippen molar-refractivity contribution in [2.24, 2.45) is 0 Å². The van der Waals surface area contributed by atoms with Gasteiger partial charge in [0.1, 0.15) is 0 Å². The standard InChI is InChI=1S/C45H27N5/c46-26-29-12-19-43(50-42-11-4-2-9-37(42)40-24-31(28-48)14-21-45(40)50)38(22-29)34-7-5-6-33(25-34)32-15-17-35(18-16-32)49-41-10-3-1-8-36(41)39-23-30(27-47)13-20-44(39)49/h1-17,19-25,35H,18H2. The summed E-state index contributed by atoms with van der Waals surface area (Å²) in [5.41, 5.74) is 11.4. The maximum Gasteiger partial charge on any atom is 0.0991 e. The van der Waals surface area contributed by atoms with Crippen molar-refractivity contribution in [2.45, 2.75) is 12.5 Å². The fourth-order valence-electron chi connectivity index (χ4n) is 7.64. The number of fused-ring (bicyclic) bond motifs is 6. The highest BCUT2D eigenvalue weighted by atomic mass is 15.0. The number of para-hydroxylation sites is 2. The molecule has 50 heavy (non-hydrogen) atoms. The van der Waals surface area contributed by atoms with Crippen LogP contribution in [0.2, 0.25) is 0 Å². The van der Waals surface area contributed by atoms with Gasteiger partial charge in [-0.05, 0) is 95.9 Å². The number of hydrogen-bond acceptors (Lipinski definition) is 3. The number of allylic oxidation sites excluding steroid dienone is 4. The molecule has 5 heteroatoms. The molecule has 2 aromatic heterocycles. The van der Waals surface area contributed by atoms with Crippen LogP contribution in [0.1, 0.15) is 34.7 Å². The predicted molar refractivity (Wildman–Crippen MR) is 201 cm³/mol. The first-order chi connectivity index (χ1) is 24.6. The number of aromatic nitrogens is 2. The van der Waals surface area contributed by atoms with E-state index in [1.54, 1.807) is 0 Å².